The van der Waals surface area contributed by atoms with E-state index in [4.69, 9.17) is 7.80 Å². The van der Waals surface area contributed by atoms with E-state index in [2.05, 4.69) is 19.9 Å². The lowest BCUT2D eigenvalue weighted by atomic mass is 9.94. The van der Waals surface area contributed by atoms with E-state index in [-0.39, 0.29) is 5.60 Å². The van der Waals surface area contributed by atoms with Crippen molar-refractivity contribution in [2.24, 2.45) is 0 Å². The summed E-state index contributed by atoms with van der Waals surface area (Å²) < 4.78 is 11.0. The first-order valence-corrected chi connectivity index (χ1v) is 5.59. The van der Waals surface area contributed by atoms with Crippen LogP contribution in [0, 0.1) is 0 Å². The van der Waals surface area contributed by atoms with Crippen LogP contribution in [0.5, 0.6) is 11.5 Å². The molecule has 76 valence electrons. The Bertz CT molecular complexity index is 347. The number of aryl methyl sites for hydroxylation is 1. The minimum Gasteiger partial charge on any atom is -0.487 e. The molecule has 0 saturated carbocycles. The molecule has 1 aromatic rings. The van der Waals surface area contributed by atoms with E-state index in [1.165, 1.54) is 5.56 Å². The van der Waals surface area contributed by atoms with Gasteiger partial charge in [-0.3, -0.25) is 0 Å². The first-order chi connectivity index (χ1) is 6.61. The van der Waals surface area contributed by atoms with Crippen LogP contribution in [0.2, 0.25) is 0 Å². The molecule has 0 saturated heterocycles. The third-order valence-electron chi connectivity index (χ3n) is 2.51. The Labute approximate surface area is 98.3 Å². The Morgan fingerprint density at radius 1 is 1.43 bits per heavy atom. The predicted molar refractivity (Wildman–Crippen MR) is 64.1 cm³/mol. The molecule has 3 heteroatoms. The zero-order valence-corrected chi connectivity index (χ0v) is 10.5. The first kappa shape index (κ1) is 10.1. The van der Waals surface area contributed by atoms with Crippen LogP contribution in [0.4, 0.5) is 0 Å². The van der Waals surface area contributed by atoms with Gasteiger partial charge in [0.05, 0.1) is 0 Å². The van der Waals surface area contributed by atoms with Crippen molar-refractivity contribution in [2.75, 3.05) is 0 Å². The van der Waals surface area contributed by atoms with Gasteiger partial charge in [-0.1, -0.05) is 6.07 Å². The summed E-state index contributed by atoms with van der Waals surface area (Å²) in [5.74, 6) is 1.82. The maximum absolute atomic E-state index is 5.88. The molecule has 0 bridgehead atoms. The second-order valence-corrected chi connectivity index (χ2v) is 4.65. The SMILES string of the molecule is CC1(C)CCc2ccc(OI)cc2O1. The second-order valence-electron chi connectivity index (χ2n) is 4.21. The van der Waals surface area contributed by atoms with Crippen LogP contribution in [0.25, 0.3) is 0 Å². The number of ether oxygens (including phenoxy) is 1. The van der Waals surface area contributed by atoms with Crippen molar-refractivity contribution >= 4 is 23.0 Å². The summed E-state index contributed by atoms with van der Waals surface area (Å²) in [7, 11) is 0. The number of hydrogen-bond acceptors (Lipinski definition) is 2. The molecule has 0 unspecified atom stereocenters. The minimum absolute atomic E-state index is 0.0447. The Hall–Kier alpha value is -0.450. The van der Waals surface area contributed by atoms with Crippen molar-refractivity contribution in [1.82, 2.24) is 0 Å². The van der Waals surface area contributed by atoms with E-state index in [0.717, 1.165) is 24.3 Å². The smallest absolute Gasteiger partial charge is 0.192 e. The summed E-state index contributed by atoms with van der Waals surface area (Å²) in [4.78, 5) is 0. The topological polar surface area (TPSA) is 18.5 Å². The maximum atomic E-state index is 5.88. The third-order valence-corrected chi connectivity index (χ3v) is 3.02. The molecule has 1 aliphatic heterocycles. The van der Waals surface area contributed by atoms with Crippen LogP contribution in [0.15, 0.2) is 18.2 Å². The van der Waals surface area contributed by atoms with Crippen LogP contribution in [0.1, 0.15) is 25.8 Å². The van der Waals surface area contributed by atoms with Gasteiger partial charge >= 0.3 is 0 Å². The highest BCUT2D eigenvalue weighted by molar-refractivity contribution is 14.1. The molecule has 0 spiro atoms. The van der Waals surface area contributed by atoms with Crippen molar-refractivity contribution < 1.29 is 7.80 Å². The monoisotopic (exact) mass is 304 g/mol. The molecular formula is C11H13IO2. The minimum atomic E-state index is -0.0447. The highest BCUT2D eigenvalue weighted by Crippen LogP contribution is 2.35. The second kappa shape index (κ2) is 3.61. The number of fused-ring (bicyclic) bond motifs is 1. The third kappa shape index (κ3) is 1.97. The molecule has 1 heterocycles. The lowest BCUT2D eigenvalue weighted by Gasteiger charge is -2.32. The van der Waals surface area contributed by atoms with Gasteiger partial charge < -0.3 is 7.80 Å². The fraction of sp³-hybridized carbons (Fsp3) is 0.455. The molecule has 1 aliphatic rings. The molecule has 14 heavy (non-hydrogen) atoms. The molecule has 2 rings (SSSR count). The summed E-state index contributed by atoms with van der Waals surface area (Å²) in [6, 6.07) is 6.02. The molecule has 0 fully saturated rings. The molecule has 0 N–H and O–H groups in total. The summed E-state index contributed by atoms with van der Waals surface area (Å²) in [6.07, 6.45) is 2.16. The molecule has 0 amide bonds. The summed E-state index contributed by atoms with van der Waals surface area (Å²) in [6.45, 7) is 4.24. The molecule has 0 aromatic heterocycles. The van der Waals surface area contributed by atoms with Gasteiger partial charge in [-0.05, 0) is 38.3 Å². The molecule has 0 aliphatic carbocycles. The molecule has 1 aromatic carbocycles. The van der Waals surface area contributed by atoms with E-state index in [1.54, 1.807) is 0 Å². The van der Waals surface area contributed by atoms with Crippen LogP contribution >= 0.6 is 23.0 Å². The average molecular weight is 304 g/mol. The van der Waals surface area contributed by atoms with Crippen LogP contribution in [-0.4, -0.2) is 5.60 Å². The van der Waals surface area contributed by atoms with Gasteiger partial charge in [0, 0.05) is 6.07 Å². The van der Waals surface area contributed by atoms with Crippen molar-refractivity contribution in [3.63, 3.8) is 0 Å². The average Bonchev–Trinajstić information content (AvgIpc) is 2.15. The highest BCUT2D eigenvalue weighted by Gasteiger charge is 2.26. The van der Waals surface area contributed by atoms with Crippen LogP contribution < -0.4 is 7.80 Å². The number of halogens is 1. The normalized spacial score (nSPS) is 18.2. The fourth-order valence-corrected chi connectivity index (χ4v) is 1.94. The summed E-state index contributed by atoms with van der Waals surface area (Å²) in [5, 5.41) is 0. The number of benzene rings is 1. The van der Waals surface area contributed by atoms with Crippen LogP contribution in [0.3, 0.4) is 0 Å². The molecule has 0 radical (unpaired) electrons. The largest absolute Gasteiger partial charge is 0.487 e. The maximum Gasteiger partial charge on any atom is 0.192 e. The lowest BCUT2D eigenvalue weighted by molar-refractivity contribution is 0.0845. The summed E-state index contributed by atoms with van der Waals surface area (Å²) >= 11 is 1.88. The van der Waals surface area contributed by atoms with Crippen molar-refractivity contribution in [1.29, 1.82) is 0 Å². The molecule has 2 nitrogen and oxygen atoms in total. The molecular weight excluding hydrogens is 291 g/mol. The van der Waals surface area contributed by atoms with Gasteiger partial charge in [-0.2, -0.15) is 0 Å². The molecule has 0 atom stereocenters. The number of rotatable bonds is 1. The fourth-order valence-electron chi connectivity index (χ4n) is 1.67. The van der Waals surface area contributed by atoms with Gasteiger partial charge in [0.2, 0.25) is 0 Å². The van der Waals surface area contributed by atoms with Gasteiger partial charge in [0.1, 0.15) is 17.1 Å². The van der Waals surface area contributed by atoms with Crippen LogP contribution in [-0.2, 0) is 6.42 Å². The quantitative estimate of drug-likeness (QED) is 0.739. The van der Waals surface area contributed by atoms with Gasteiger partial charge in [0.25, 0.3) is 0 Å². The van der Waals surface area contributed by atoms with Gasteiger partial charge in [-0.25, -0.2) is 0 Å². The first-order valence-electron chi connectivity index (χ1n) is 4.71. The lowest BCUT2D eigenvalue weighted by Crippen LogP contribution is -2.32. The van der Waals surface area contributed by atoms with Gasteiger partial charge in [0.15, 0.2) is 23.0 Å². The number of hydrogen-bond donors (Lipinski definition) is 0. The predicted octanol–water partition coefficient (Wildman–Crippen LogP) is 3.52. The zero-order chi connectivity index (χ0) is 10.2. The Morgan fingerprint density at radius 2 is 2.21 bits per heavy atom. The van der Waals surface area contributed by atoms with E-state index in [9.17, 15) is 0 Å². The van der Waals surface area contributed by atoms with Gasteiger partial charge in [-0.15, -0.1) is 0 Å². The van der Waals surface area contributed by atoms with E-state index in [0.29, 0.717) is 0 Å². The highest BCUT2D eigenvalue weighted by atomic mass is 127. The standard InChI is InChI=1S/C11H13IO2/c1-11(2)6-5-8-3-4-9(14-12)7-10(8)13-11/h3-4,7H,5-6H2,1-2H3. The zero-order valence-electron chi connectivity index (χ0n) is 8.34. The van der Waals surface area contributed by atoms with Crippen molar-refractivity contribution in [2.45, 2.75) is 32.3 Å². The Kier molecular flexibility index (Phi) is 2.60. The Morgan fingerprint density at radius 3 is 2.93 bits per heavy atom. The van der Waals surface area contributed by atoms with E-state index >= 15 is 0 Å². The van der Waals surface area contributed by atoms with Crippen molar-refractivity contribution in [3.05, 3.63) is 23.8 Å². The van der Waals surface area contributed by atoms with E-state index < -0.39 is 0 Å². The van der Waals surface area contributed by atoms with Crippen molar-refractivity contribution in [3.8, 4) is 11.5 Å². The summed E-state index contributed by atoms with van der Waals surface area (Å²) in [5.41, 5.74) is 1.23. The van der Waals surface area contributed by atoms with E-state index in [1.807, 2.05) is 35.1 Å². The Balaban J connectivity index is 2.34.